The van der Waals surface area contributed by atoms with Crippen molar-refractivity contribution in [3.05, 3.63) is 35.4 Å². The summed E-state index contributed by atoms with van der Waals surface area (Å²) in [4.78, 5) is 0. The molecular weight excluding hydrogens is 134 g/mol. The fraction of sp³-hybridized carbons (Fsp3) is 0.400. The van der Waals surface area contributed by atoms with Crippen LogP contribution in [0.5, 0.6) is 0 Å². The van der Waals surface area contributed by atoms with Crippen molar-refractivity contribution < 1.29 is 0 Å². The fourth-order valence-electron chi connectivity index (χ4n) is 0.870. The van der Waals surface area contributed by atoms with Gasteiger partial charge in [-0.1, -0.05) is 37.3 Å². The molecule has 2 N–H and O–H groups in total. The molecule has 1 aromatic carbocycles. The third-order valence-electron chi connectivity index (χ3n) is 1.60. The molecule has 1 heteroatoms. The molecule has 0 aliphatic carbocycles. The molecule has 0 heterocycles. The zero-order valence-electron chi connectivity index (χ0n) is 6.46. The normalized spacial score (nSPS) is 11.9. The second kappa shape index (κ2) is 4.14. The van der Waals surface area contributed by atoms with Crippen molar-refractivity contribution in [3.8, 4) is 0 Å². The lowest BCUT2D eigenvalue weighted by Crippen LogP contribution is -2.04. The first-order chi connectivity index (χ1) is 4.70. The summed E-state index contributed by atoms with van der Waals surface area (Å²) in [5, 5.41) is 0. The minimum atomic E-state index is 0. The Hall–Kier alpha value is -0.820. The molecule has 1 atom stereocenters. The van der Waals surface area contributed by atoms with Gasteiger partial charge in [-0.15, -0.1) is 0 Å². The highest BCUT2D eigenvalue weighted by molar-refractivity contribution is 5.23. The van der Waals surface area contributed by atoms with Crippen molar-refractivity contribution in [2.45, 2.75) is 27.3 Å². The number of hydrogen-bond donors (Lipinski definition) is 1. The largest absolute Gasteiger partial charge is 0.324 e. The van der Waals surface area contributed by atoms with Crippen molar-refractivity contribution in [1.29, 1.82) is 0 Å². The molecule has 0 aliphatic heterocycles. The maximum Gasteiger partial charge on any atom is 0.0266 e. The molecule has 0 saturated heterocycles. The van der Waals surface area contributed by atoms with Crippen molar-refractivity contribution in [2.75, 3.05) is 0 Å². The summed E-state index contributed by atoms with van der Waals surface area (Å²) >= 11 is 0. The monoisotopic (exact) mass is 151 g/mol. The van der Waals surface area contributed by atoms with Crippen LogP contribution >= 0.6 is 0 Å². The van der Waals surface area contributed by atoms with E-state index in [1.165, 1.54) is 11.1 Å². The maximum atomic E-state index is 5.66. The summed E-state index contributed by atoms with van der Waals surface area (Å²) in [6, 6.07) is 8.46. The Morgan fingerprint density at radius 3 is 2.00 bits per heavy atom. The highest BCUT2D eigenvalue weighted by Crippen LogP contribution is 2.09. The van der Waals surface area contributed by atoms with Gasteiger partial charge in [0.15, 0.2) is 0 Å². The minimum Gasteiger partial charge on any atom is -0.324 e. The highest BCUT2D eigenvalue weighted by atomic mass is 14.6. The zero-order chi connectivity index (χ0) is 7.56. The van der Waals surface area contributed by atoms with Gasteiger partial charge in [0.1, 0.15) is 0 Å². The van der Waals surface area contributed by atoms with Crippen LogP contribution in [0, 0.1) is 6.92 Å². The van der Waals surface area contributed by atoms with E-state index >= 15 is 0 Å². The van der Waals surface area contributed by atoms with E-state index < -0.39 is 0 Å². The molecule has 1 nitrogen and oxygen atoms in total. The van der Waals surface area contributed by atoms with Crippen LogP contribution in [-0.2, 0) is 0 Å². The summed E-state index contributed by atoms with van der Waals surface area (Å²) in [5.74, 6) is 0. The van der Waals surface area contributed by atoms with E-state index in [2.05, 4.69) is 31.2 Å². The first-order valence-electron chi connectivity index (χ1n) is 3.52. The Morgan fingerprint density at radius 2 is 1.64 bits per heavy atom. The van der Waals surface area contributed by atoms with Crippen molar-refractivity contribution in [1.82, 2.24) is 0 Å². The average molecular weight is 151 g/mol. The predicted octanol–water partition coefficient (Wildman–Crippen LogP) is 2.65. The Kier molecular flexibility index (Phi) is 3.83. The van der Waals surface area contributed by atoms with Gasteiger partial charge in [0.05, 0.1) is 0 Å². The Morgan fingerprint density at radius 1 is 1.18 bits per heavy atom. The molecule has 0 aromatic heterocycles. The van der Waals surface area contributed by atoms with Crippen LogP contribution in [0.25, 0.3) is 0 Å². The second-order valence-corrected chi connectivity index (χ2v) is 2.70. The van der Waals surface area contributed by atoms with E-state index in [0.29, 0.717) is 0 Å². The van der Waals surface area contributed by atoms with Gasteiger partial charge in [-0.2, -0.15) is 0 Å². The molecule has 0 fully saturated rings. The van der Waals surface area contributed by atoms with Crippen LogP contribution in [-0.4, -0.2) is 0 Å². The topological polar surface area (TPSA) is 26.0 Å². The van der Waals surface area contributed by atoms with E-state index in [1.54, 1.807) is 0 Å². The molecule has 0 saturated carbocycles. The zero-order valence-corrected chi connectivity index (χ0v) is 6.46. The highest BCUT2D eigenvalue weighted by Gasteiger charge is 1.95. The summed E-state index contributed by atoms with van der Waals surface area (Å²) in [6.07, 6.45) is 0. The Labute approximate surface area is 69.2 Å². The molecular formula is C10H17N. The average Bonchev–Trinajstić information content (AvgIpc) is 1.88. The van der Waals surface area contributed by atoms with Crippen molar-refractivity contribution in [2.24, 2.45) is 5.73 Å². The van der Waals surface area contributed by atoms with Gasteiger partial charge in [-0.3, -0.25) is 0 Å². The number of nitrogens with two attached hydrogens (primary N) is 1. The first-order valence-corrected chi connectivity index (χ1v) is 3.52. The Balaban J connectivity index is 0.000001000. The maximum absolute atomic E-state index is 5.66. The van der Waals surface area contributed by atoms with Crippen LogP contribution in [0.15, 0.2) is 24.3 Å². The number of rotatable bonds is 1. The quantitative estimate of drug-likeness (QED) is 0.656. The second-order valence-electron chi connectivity index (χ2n) is 2.70. The van der Waals surface area contributed by atoms with E-state index in [4.69, 9.17) is 5.73 Å². The lowest BCUT2D eigenvalue weighted by atomic mass is 10.1. The van der Waals surface area contributed by atoms with Crippen LogP contribution in [0.2, 0.25) is 0 Å². The molecule has 1 rings (SSSR count). The van der Waals surface area contributed by atoms with E-state index in [-0.39, 0.29) is 13.5 Å². The third kappa shape index (κ3) is 2.72. The molecule has 0 aliphatic rings. The molecule has 0 amide bonds. The van der Waals surface area contributed by atoms with Crippen LogP contribution in [0.3, 0.4) is 0 Å². The van der Waals surface area contributed by atoms with Crippen molar-refractivity contribution in [3.63, 3.8) is 0 Å². The third-order valence-corrected chi connectivity index (χ3v) is 1.60. The van der Waals surface area contributed by atoms with Gasteiger partial charge >= 0.3 is 0 Å². The summed E-state index contributed by atoms with van der Waals surface area (Å²) in [5.41, 5.74) is 8.15. The molecule has 0 bridgehead atoms. The SMILES string of the molecule is C.Cc1ccc([C@@H](C)N)cc1. The van der Waals surface area contributed by atoms with Gasteiger partial charge in [-0.05, 0) is 19.4 Å². The fourth-order valence-corrected chi connectivity index (χ4v) is 0.870. The summed E-state index contributed by atoms with van der Waals surface area (Å²) in [6.45, 7) is 4.07. The van der Waals surface area contributed by atoms with Crippen LogP contribution < -0.4 is 5.73 Å². The molecule has 0 radical (unpaired) electrons. The van der Waals surface area contributed by atoms with E-state index in [9.17, 15) is 0 Å². The van der Waals surface area contributed by atoms with Gasteiger partial charge < -0.3 is 5.73 Å². The van der Waals surface area contributed by atoms with Gasteiger partial charge in [0.2, 0.25) is 0 Å². The summed E-state index contributed by atoms with van der Waals surface area (Å²) in [7, 11) is 0. The molecule has 0 unspecified atom stereocenters. The standard InChI is InChI=1S/C9H13N.CH4/c1-7-3-5-9(6-4-7)8(2)10;/h3-6,8H,10H2,1-2H3;1H4/t8-;/m1./s1. The van der Waals surface area contributed by atoms with Gasteiger partial charge in [0, 0.05) is 6.04 Å². The van der Waals surface area contributed by atoms with Crippen LogP contribution in [0.1, 0.15) is 31.5 Å². The molecule has 11 heavy (non-hydrogen) atoms. The number of benzene rings is 1. The van der Waals surface area contributed by atoms with Gasteiger partial charge in [0.25, 0.3) is 0 Å². The number of aryl methyl sites for hydroxylation is 1. The lowest BCUT2D eigenvalue weighted by Gasteiger charge is -2.03. The molecule has 1 aromatic rings. The van der Waals surface area contributed by atoms with Gasteiger partial charge in [-0.25, -0.2) is 0 Å². The predicted molar refractivity (Wildman–Crippen MR) is 50.5 cm³/mol. The summed E-state index contributed by atoms with van der Waals surface area (Å²) < 4.78 is 0. The number of hydrogen-bond acceptors (Lipinski definition) is 1. The Bertz CT molecular complexity index is 199. The lowest BCUT2D eigenvalue weighted by molar-refractivity contribution is 0.818. The van der Waals surface area contributed by atoms with Crippen molar-refractivity contribution >= 4 is 0 Å². The minimum absolute atomic E-state index is 0. The van der Waals surface area contributed by atoms with E-state index in [1.807, 2.05) is 6.92 Å². The first kappa shape index (κ1) is 10.2. The smallest absolute Gasteiger partial charge is 0.0266 e. The molecule has 62 valence electrons. The molecule has 0 spiro atoms. The van der Waals surface area contributed by atoms with Crippen LogP contribution in [0.4, 0.5) is 0 Å². The van der Waals surface area contributed by atoms with E-state index in [0.717, 1.165) is 0 Å².